The van der Waals surface area contributed by atoms with E-state index in [9.17, 15) is 9.59 Å². The van der Waals surface area contributed by atoms with Gasteiger partial charge in [-0.3, -0.25) is 9.59 Å². The Morgan fingerprint density at radius 2 is 1.93 bits per heavy atom. The third kappa shape index (κ3) is 2.97. The number of ether oxygens (including phenoxy) is 1. The van der Waals surface area contributed by atoms with Crippen LogP contribution in [0.25, 0.3) is 0 Å². The maximum atomic E-state index is 12.6. The molecule has 4 fully saturated rings. The van der Waals surface area contributed by atoms with Crippen molar-refractivity contribution >= 4 is 11.8 Å². The van der Waals surface area contributed by atoms with Gasteiger partial charge in [0, 0.05) is 18.4 Å². The van der Waals surface area contributed by atoms with E-state index in [0.29, 0.717) is 41.4 Å². The Morgan fingerprint density at radius 3 is 2.64 bits per heavy atom. The first-order valence-corrected chi connectivity index (χ1v) is 11.6. The molecule has 2 unspecified atom stereocenters. The smallest absolute Gasteiger partial charge is 0.310 e. The summed E-state index contributed by atoms with van der Waals surface area (Å²) in [4.78, 5) is 24.9. The SMILES string of the molecule is CC(CN)C(=O)O[C@H]1CC[C@@]2(C)C(C1)C[C@@H](C)[C@@H]1[C@@H]2CC[C@]2(C)C(=O)CC[C@@H]12. The predicted octanol–water partition coefficient (Wildman–Crippen LogP) is 4.35. The van der Waals surface area contributed by atoms with Crippen molar-refractivity contribution in [2.24, 2.45) is 52.1 Å². The van der Waals surface area contributed by atoms with Gasteiger partial charge in [-0.25, -0.2) is 0 Å². The molecule has 0 aromatic rings. The first-order valence-electron chi connectivity index (χ1n) is 11.6. The lowest BCUT2D eigenvalue weighted by atomic mass is 9.43. The van der Waals surface area contributed by atoms with Gasteiger partial charge in [0.25, 0.3) is 0 Å². The van der Waals surface area contributed by atoms with Crippen molar-refractivity contribution in [2.75, 3.05) is 6.54 Å². The van der Waals surface area contributed by atoms with Crippen molar-refractivity contribution in [3.8, 4) is 0 Å². The second kappa shape index (κ2) is 7.11. The predicted molar refractivity (Wildman–Crippen MR) is 109 cm³/mol. The van der Waals surface area contributed by atoms with Gasteiger partial charge in [0.05, 0.1) is 5.92 Å². The Morgan fingerprint density at radius 1 is 1.18 bits per heavy atom. The normalized spacial score (nSPS) is 49.0. The van der Waals surface area contributed by atoms with E-state index in [2.05, 4.69) is 20.8 Å². The van der Waals surface area contributed by atoms with Gasteiger partial charge < -0.3 is 10.5 Å². The Hall–Kier alpha value is -0.900. The van der Waals surface area contributed by atoms with Gasteiger partial charge in [-0.1, -0.05) is 27.7 Å². The third-order valence-corrected chi connectivity index (χ3v) is 9.73. The Balaban J connectivity index is 1.51. The second-order valence-corrected chi connectivity index (χ2v) is 11.1. The fraction of sp³-hybridized carbons (Fsp3) is 0.917. The molecule has 4 aliphatic rings. The number of hydrogen-bond donors (Lipinski definition) is 1. The summed E-state index contributed by atoms with van der Waals surface area (Å²) >= 11 is 0. The number of fused-ring (bicyclic) bond motifs is 5. The van der Waals surface area contributed by atoms with E-state index < -0.39 is 0 Å². The average molecular weight is 390 g/mol. The minimum absolute atomic E-state index is 0.0519. The van der Waals surface area contributed by atoms with Gasteiger partial charge in [-0.2, -0.15) is 0 Å². The highest BCUT2D eigenvalue weighted by Crippen LogP contribution is 2.66. The molecule has 2 N–H and O–H groups in total. The second-order valence-electron chi connectivity index (χ2n) is 11.1. The van der Waals surface area contributed by atoms with E-state index >= 15 is 0 Å². The van der Waals surface area contributed by atoms with E-state index in [0.717, 1.165) is 44.4 Å². The van der Waals surface area contributed by atoms with Crippen molar-refractivity contribution < 1.29 is 14.3 Å². The van der Waals surface area contributed by atoms with Crippen molar-refractivity contribution in [3.05, 3.63) is 0 Å². The highest BCUT2D eigenvalue weighted by atomic mass is 16.5. The largest absolute Gasteiger partial charge is 0.462 e. The molecule has 0 heterocycles. The van der Waals surface area contributed by atoms with Crippen molar-refractivity contribution in [1.29, 1.82) is 0 Å². The number of rotatable bonds is 3. The zero-order chi connectivity index (χ0) is 20.3. The summed E-state index contributed by atoms with van der Waals surface area (Å²) in [6, 6.07) is 0. The number of ketones is 1. The first kappa shape index (κ1) is 20.4. The lowest BCUT2D eigenvalue weighted by Crippen LogP contribution is -2.56. The molecule has 4 heteroatoms. The molecule has 0 bridgehead atoms. The maximum absolute atomic E-state index is 12.6. The molecule has 0 aromatic carbocycles. The molecule has 4 saturated carbocycles. The molecule has 0 radical (unpaired) electrons. The molecule has 9 atom stereocenters. The summed E-state index contributed by atoms with van der Waals surface area (Å²) in [6.45, 7) is 9.41. The number of Topliss-reactive ketones (excluding diaryl/α,β-unsaturated/α-hetero) is 1. The Bertz CT molecular complexity index is 648. The van der Waals surface area contributed by atoms with Gasteiger partial charge in [-0.05, 0) is 80.0 Å². The van der Waals surface area contributed by atoms with Crippen LogP contribution in [0.3, 0.4) is 0 Å². The number of nitrogens with two attached hydrogens (primary N) is 1. The summed E-state index contributed by atoms with van der Waals surface area (Å²) in [6.07, 6.45) is 8.62. The topological polar surface area (TPSA) is 69.4 Å². The van der Waals surface area contributed by atoms with E-state index in [1.165, 1.54) is 12.8 Å². The van der Waals surface area contributed by atoms with Crippen LogP contribution in [0.15, 0.2) is 0 Å². The zero-order valence-electron chi connectivity index (χ0n) is 18.2. The summed E-state index contributed by atoms with van der Waals surface area (Å²) in [7, 11) is 0. The summed E-state index contributed by atoms with van der Waals surface area (Å²) < 4.78 is 5.85. The zero-order valence-corrected chi connectivity index (χ0v) is 18.2. The van der Waals surface area contributed by atoms with E-state index in [1.807, 2.05) is 6.92 Å². The number of hydrogen-bond acceptors (Lipinski definition) is 4. The minimum Gasteiger partial charge on any atom is -0.462 e. The van der Waals surface area contributed by atoms with Crippen LogP contribution in [0.5, 0.6) is 0 Å². The summed E-state index contributed by atoms with van der Waals surface area (Å²) in [5, 5.41) is 0. The van der Waals surface area contributed by atoms with Crippen molar-refractivity contribution in [1.82, 2.24) is 0 Å². The molecule has 158 valence electrons. The van der Waals surface area contributed by atoms with Crippen LogP contribution in [0.2, 0.25) is 0 Å². The van der Waals surface area contributed by atoms with Crippen molar-refractivity contribution in [3.63, 3.8) is 0 Å². The molecule has 4 nitrogen and oxygen atoms in total. The third-order valence-electron chi connectivity index (χ3n) is 9.73. The fourth-order valence-electron chi connectivity index (χ4n) is 7.85. The number of carbonyl (C=O) groups is 2. The fourth-order valence-corrected chi connectivity index (χ4v) is 7.85. The van der Waals surface area contributed by atoms with Crippen LogP contribution in [-0.2, 0) is 14.3 Å². The van der Waals surface area contributed by atoms with Crippen LogP contribution in [0, 0.1) is 46.3 Å². The highest BCUT2D eigenvalue weighted by Gasteiger charge is 2.62. The maximum Gasteiger partial charge on any atom is 0.310 e. The monoisotopic (exact) mass is 389 g/mol. The van der Waals surface area contributed by atoms with Crippen LogP contribution in [0.1, 0.15) is 79.1 Å². The van der Waals surface area contributed by atoms with Crippen LogP contribution in [0.4, 0.5) is 0 Å². The molecular weight excluding hydrogens is 350 g/mol. The van der Waals surface area contributed by atoms with Crippen molar-refractivity contribution in [2.45, 2.75) is 85.2 Å². The van der Waals surface area contributed by atoms with Gasteiger partial charge >= 0.3 is 5.97 Å². The number of carbonyl (C=O) groups excluding carboxylic acids is 2. The lowest BCUT2D eigenvalue weighted by Gasteiger charge is -2.62. The quantitative estimate of drug-likeness (QED) is 0.729. The molecule has 0 aromatic heterocycles. The molecule has 28 heavy (non-hydrogen) atoms. The number of esters is 1. The van der Waals surface area contributed by atoms with Crippen LogP contribution in [-0.4, -0.2) is 24.4 Å². The van der Waals surface area contributed by atoms with E-state index in [1.54, 1.807) is 0 Å². The molecule has 0 spiro atoms. The lowest BCUT2D eigenvalue weighted by molar-refractivity contribution is -0.170. The Labute approximate surface area is 170 Å². The van der Waals surface area contributed by atoms with Gasteiger partial charge in [0.1, 0.15) is 11.9 Å². The van der Waals surface area contributed by atoms with Gasteiger partial charge in [0.2, 0.25) is 0 Å². The van der Waals surface area contributed by atoms with Gasteiger partial charge in [-0.15, -0.1) is 0 Å². The molecular formula is C24H39NO3. The molecule has 0 aliphatic heterocycles. The standard InChI is InChI=1S/C24H39NO3/c1-14-11-16-12-17(28-22(27)15(2)13-25)7-9-23(16,3)19-8-10-24(4)18(21(14)19)5-6-20(24)26/h14-19,21H,5-13,25H2,1-4H3/t14-,15?,16?,17+,18+,19+,21+,23+,24+/m1/s1. The Kier molecular flexibility index (Phi) is 5.17. The van der Waals surface area contributed by atoms with Crippen LogP contribution < -0.4 is 5.73 Å². The molecule has 4 rings (SSSR count). The first-order chi connectivity index (χ1) is 13.2. The highest BCUT2D eigenvalue weighted by molar-refractivity contribution is 5.87. The molecule has 0 amide bonds. The van der Waals surface area contributed by atoms with Gasteiger partial charge in [0.15, 0.2) is 0 Å². The average Bonchev–Trinajstić information content (AvgIpc) is 2.97. The summed E-state index contributed by atoms with van der Waals surface area (Å²) in [5.41, 5.74) is 5.92. The minimum atomic E-state index is -0.209. The molecule has 4 aliphatic carbocycles. The molecule has 0 saturated heterocycles. The van der Waals surface area contributed by atoms with Crippen LogP contribution >= 0.6 is 0 Å². The van der Waals surface area contributed by atoms with E-state index in [-0.39, 0.29) is 23.4 Å². The summed E-state index contributed by atoms with van der Waals surface area (Å²) in [5.74, 6) is 3.50. The van der Waals surface area contributed by atoms with E-state index in [4.69, 9.17) is 10.5 Å².